The lowest BCUT2D eigenvalue weighted by Crippen LogP contribution is -2.24. The molecule has 0 bridgehead atoms. The highest BCUT2D eigenvalue weighted by Gasteiger charge is 2.19. The van der Waals surface area contributed by atoms with Crippen LogP contribution in [0.1, 0.15) is 18.2 Å². The Morgan fingerprint density at radius 2 is 2.13 bits per heavy atom. The lowest BCUT2D eigenvalue weighted by molar-refractivity contribution is 0.0110. The second-order valence-corrected chi connectivity index (χ2v) is 3.57. The zero-order chi connectivity index (χ0) is 11.3. The lowest BCUT2D eigenvalue weighted by atomic mass is 10.1. The average Bonchev–Trinajstić information content (AvgIpc) is 2.26. The van der Waals surface area contributed by atoms with Crippen molar-refractivity contribution >= 4 is 11.6 Å². The van der Waals surface area contributed by atoms with Gasteiger partial charge in [0.25, 0.3) is 0 Å². The van der Waals surface area contributed by atoms with Crippen molar-refractivity contribution < 1.29 is 10.2 Å². The molecule has 0 aliphatic rings. The van der Waals surface area contributed by atoms with E-state index in [-0.39, 0.29) is 5.15 Å². The molecule has 0 amide bonds. The highest BCUT2D eigenvalue weighted by atomic mass is 35.5. The highest BCUT2D eigenvalue weighted by molar-refractivity contribution is 6.29. The molecule has 3 N–H and O–H groups in total. The monoisotopic (exact) mass is 231 g/mol. The van der Waals surface area contributed by atoms with Gasteiger partial charge < -0.3 is 15.5 Å². The molecule has 1 aromatic rings. The first-order valence-corrected chi connectivity index (χ1v) is 5.03. The Kier molecular flexibility index (Phi) is 4.90. The minimum Gasteiger partial charge on any atom is -0.390 e. The average molecular weight is 232 g/mol. The molecule has 1 aromatic heterocycles. The Morgan fingerprint density at radius 1 is 1.40 bits per heavy atom. The lowest BCUT2D eigenvalue weighted by Gasteiger charge is -2.16. The van der Waals surface area contributed by atoms with E-state index in [1.165, 1.54) is 6.07 Å². The smallest absolute Gasteiger partial charge is 0.151 e. The number of nitrogens with zero attached hydrogens (tertiary/aromatic N) is 2. The Morgan fingerprint density at radius 3 is 2.67 bits per heavy atom. The Labute approximate surface area is 93.1 Å². The first-order chi connectivity index (χ1) is 7.15. The maximum atomic E-state index is 9.68. The van der Waals surface area contributed by atoms with Crippen molar-refractivity contribution in [3.05, 3.63) is 23.0 Å². The van der Waals surface area contributed by atoms with Crippen LogP contribution in [0.15, 0.2) is 12.1 Å². The molecule has 1 heterocycles. The molecule has 2 unspecified atom stereocenters. The molecule has 2 atom stereocenters. The molecule has 0 spiro atoms. The van der Waals surface area contributed by atoms with Gasteiger partial charge in [0, 0.05) is 0 Å². The fourth-order valence-corrected chi connectivity index (χ4v) is 1.23. The first-order valence-electron chi connectivity index (χ1n) is 4.65. The molecule has 84 valence electrons. The van der Waals surface area contributed by atoms with Crippen LogP contribution < -0.4 is 5.32 Å². The van der Waals surface area contributed by atoms with Crippen molar-refractivity contribution in [3.63, 3.8) is 0 Å². The molecule has 6 heteroatoms. The van der Waals surface area contributed by atoms with Crippen LogP contribution in [0.5, 0.6) is 0 Å². The molecule has 1 rings (SSSR count). The van der Waals surface area contributed by atoms with Crippen molar-refractivity contribution in [3.8, 4) is 0 Å². The third-order valence-electron chi connectivity index (χ3n) is 2.01. The van der Waals surface area contributed by atoms with Gasteiger partial charge in [0.2, 0.25) is 0 Å². The number of hydrogen-bond acceptors (Lipinski definition) is 5. The van der Waals surface area contributed by atoms with Crippen LogP contribution >= 0.6 is 11.6 Å². The van der Waals surface area contributed by atoms with Gasteiger partial charge in [-0.1, -0.05) is 11.6 Å². The Bertz CT molecular complexity index is 294. The zero-order valence-electron chi connectivity index (χ0n) is 8.39. The normalized spacial score (nSPS) is 14.9. The maximum absolute atomic E-state index is 9.68. The predicted octanol–water partition coefficient (Wildman–Crippen LogP) is 0.134. The molecule has 0 radical (unpaired) electrons. The quantitative estimate of drug-likeness (QED) is 0.672. The molecule has 0 aliphatic heterocycles. The summed E-state index contributed by atoms with van der Waals surface area (Å²) in [5.74, 6) is 0. The summed E-state index contributed by atoms with van der Waals surface area (Å²) in [7, 11) is 1.78. The van der Waals surface area contributed by atoms with Crippen LogP contribution in [0.25, 0.3) is 0 Å². The zero-order valence-corrected chi connectivity index (χ0v) is 9.15. The van der Waals surface area contributed by atoms with E-state index >= 15 is 0 Å². The third kappa shape index (κ3) is 3.71. The molecular weight excluding hydrogens is 218 g/mol. The largest absolute Gasteiger partial charge is 0.390 e. The van der Waals surface area contributed by atoms with E-state index in [1.807, 2.05) is 0 Å². The second kappa shape index (κ2) is 5.97. The standard InChI is InChI=1S/C9H14ClN3O2/c1-11-5-4-7(14)9(15)6-2-3-8(10)13-12-6/h2-3,7,9,11,14-15H,4-5H2,1H3. The summed E-state index contributed by atoms with van der Waals surface area (Å²) in [5.41, 5.74) is 0.322. The molecular formula is C9H14ClN3O2. The number of aliphatic hydroxyl groups excluding tert-OH is 2. The highest BCUT2D eigenvalue weighted by Crippen LogP contribution is 2.16. The summed E-state index contributed by atoms with van der Waals surface area (Å²) in [4.78, 5) is 0. The first kappa shape index (κ1) is 12.3. The molecule has 15 heavy (non-hydrogen) atoms. The van der Waals surface area contributed by atoms with Gasteiger partial charge in [0.1, 0.15) is 6.10 Å². The van der Waals surface area contributed by atoms with E-state index < -0.39 is 12.2 Å². The topological polar surface area (TPSA) is 78.3 Å². The van der Waals surface area contributed by atoms with Gasteiger partial charge in [-0.3, -0.25) is 0 Å². The van der Waals surface area contributed by atoms with Crippen molar-refractivity contribution in [2.75, 3.05) is 13.6 Å². The fourth-order valence-electron chi connectivity index (χ4n) is 1.13. The number of hydrogen-bond donors (Lipinski definition) is 3. The van der Waals surface area contributed by atoms with Crippen LogP contribution in [0.4, 0.5) is 0 Å². The van der Waals surface area contributed by atoms with E-state index in [2.05, 4.69) is 15.5 Å². The van der Waals surface area contributed by atoms with E-state index in [9.17, 15) is 10.2 Å². The van der Waals surface area contributed by atoms with Gasteiger partial charge in [-0.05, 0) is 32.1 Å². The molecule has 0 aliphatic carbocycles. The molecule has 0 aromatic carbocycles. The SMILES string of the molecule is CNCCC(O)C(O)c1ccc(Cl)nn1. The van der Waals surface area contributed by atoms with Gasteiger partial charge in [0.15, 0.2) is 5.15 Å². The maximum Gasteiger partial charge on any atom is 0.151 e. The number of halogens is 1. The van der Waals surface area contributed by atoms with Gasteiger partial charge in [0.05, 0.1) is 11.8 Å². The van der Waals surface area contributed by atoms with Crippen LogP contribution in [0.3, 0.4) is 0 Å². The van der Waals surface area contributed by atoms with Gasteiger partial charge in [-0.25, -0.2) is 0 Å². The minimum atomic E-state index is -1.02. The van der Waals surface area contributed by atoms with Gasteiger partial charge in [-0.15, -0.1) is 5.10 Å². The van der Waals surface area contributed by atoms with Crippen molar-refractivity contribution in [2.45, 2.75) is 18.6 Å². The number of rotatable bonds is 5. The fraction of sp³-hybridized carbons (Fsp3) is 0.556. The van der Waals surface area contributed by atoms with Crippen LogP contribution in [-0.4, -0.2) is 40.1 Å². The number of nitrogens with one attached hydrogen (secondary N) is 1. The van der Waals surface area contributed by atoms with E-state index in [1.54, 1.807) is 13.1 Å². The van der Waals surface area contributed by atoms with Gasteiger partial charge in [-0.2, -0.15) is 5.10 Å². The summed E-state index contributed by atoms with van der Waals surface area (Å²) >= 11 is 5.55. The van der Waals surface area contributed by atoms with Gasteiger partial charge >= 0.3 is 0 Å². The van der Waals surface area contributed by atoms with E-state index in [0.717, 1.165) is 0 Å². The minimum absolute atomic E-state index is 0.260. The summed E-state index contributed by atoms with van der Waals surface area (Å²) in [6.07, 6.45) is -1.43. The van der Waals surface area contributed by atoms with Crippen LogP contribution in [-0.2, 0) is 0 Å². The summed E-state index contributed by atoms with van der Waals surface area (Å²) in [5, 5.41) is 29.7. The predicted molar refractivity (Wildman–Crippen MR) is 56.6 cm³/mol. The molecule has 0 fully saturated rings. The third-order valence-corrected chi connectivity index (χ3v) is 2.21. The molecule has 0 saturated heterocycles. The van der Waals surface area contributed by atoms with E-state index in [4.69, 9.17) is 11.6 Å². The molecule has 0 saturated carbocycles. The van der Waals surface area contributed by atoms with Crippen LogP contribution in [0.2, 0.25) is 5.15 Å². The second-order valence-electron chi connectivity index (χ2n) is 3.19. The summed E-state index contributed by atoms with van der Waals surface area (Å²) < 4.78 is 0. The summed E-state index contributed by atoms with van der Waals surface area (Å²) in [6, 6.07) is 3.07. The Hall–Kier alpha value is -0.750. The molecule has 5 nitrogen and oxygen atoms in total. The van der Waals surface area contributed by atoms with Crippen molar-refractivity contribution in [1.29, 1.82) is 0 Å². The number of aromatic nitrogens is 2. The van der Waals surface area contributed by atoms with Crippen LogP contribution in [0, 0.1) is 0 Å². The van der Waals surface area contributed by atoms with Crippen molar-refractivity contribution in [2.24, 2.45) is 0 Å². The summed E-state index contributed by atoms with van der Waals surface area (Å²) in [6.45, 7) is 0.624. The number of aliphatic hydroxyl groups is 2. The Balaban J connectivity index is 2.59. The van der Waals surface area contributed by atoms with Crippen molar-refractivity contribution in [1.82, 2.24) is 15.5 Å². The van der Waals surface area contributed by atoms with E-state index in [0.29, 0.717) is 18.7 Å².